The minimum absolute atomic E-state index is 0.918. The minimum atomic E-state index is 0.918. The fraction of sp³-hybridized carbons (Fsp3) is 0.455. The average molecular weight is 253 g/mol. The number of hydrogen-bond acceptors (Lipinski definition) is 5. The lowest BCUT2D eigenvalue weighted by molar-refractivity contribution is 0.694. The third-order valence-corrected chi connectivity index (χ3v) is 4.22. The summed E-state index contributed by atoms with van der Waals surface area (Å²) in [5.74, 6) is 0. The van der Waals surface area contributed by atoms with Gasteiger partial charge >= 0.3 is 0 Å². The summed E-state index contributed by atoms with van der Waals surface area (Å²) in [5.41, 5.74) is 3.05. The molecule has 2 aromatic rings. The smallest absolute Gasteiger partial charge is 0.0900 e. The van der Waals surface area contributed by atoms with Crippen molar-refractivity contribution in [1.82, 2.24) is 15.3 Å². The van der Waals surface area contributed by atoms with Crippen molar-refractivity contribution in [2.24, 2.45) is 0 Å². The molecule has 0 unspecified atom stereocenters. The summed E-state index contributed by atoms with van der Waals surface area (Å²) in [6.45, 7) is 6.07. The molecule has 0 aromatic carbocycles. The summed E-state index contributed by atoms with van der Waals surface area (Å²) in [6.07, 6.45) is 2.98. The van der Waals surface area contributed by atoms with Crippen molar-refractivity contribution in [3.63, 3.8) is 0 Å². The zero-order valence-corrected chi connectivity index (χ0v) is 11.1. The van der Waals surface area contributed by atoms with Gasteiger partial charge in [0.05, 0.1) is 16.2 Å². The molecule has 0 aliphatic heterocycles. The lowest BCUT2D eigenvalue weighted by atomic mass is 10.3. The topological polar surface area (TPSA) is 37.8 Å². The highest BCUT2D eigenvalue weighted by Gasteiger charge is 2.03. The first-order chi connectivity index (χ1) is 7.75. The number of rotatable bonds is 5. The molecule has 0 saturated heterocycles. The van der Waals surface area contributed by atoms with Crippen molar-refractivity contribution >= 4 is 22.7 Å². The van der Waals surface area contributed by atoms with Crippen molar-refractivity contribution in [2.75, 3.05) is 6.54 Å². The lowest BCUT2D eigenvalue weighted by Crippen LogP contribution is -2.15. The van der Waals surface area contributed by atoms with Gasteiger partial charge < -0.3 is 5.32 Å². The number of aromatic nitrogens is 2. The molecule has 0 spiro atoms. The number of nitrogens with one attached hydrogen (secondary N) is 1. The van der Waals surface area contributed by atoms with E-state index in [9.17, 15) is 0 Å². The molecular weight excluding hydrogens is 238 g/mol. The van der Waals surface area contributed by atoms with E-state index in [0.717, 1.165) is 24.5 Å². The number of aryl methyl sites for hydroxylation is 2. The fourth-order valence-corrected chi connectivity index (χ4v) is 3.05. The molecule has 2 aromatic heterocycles. The molecule has 2 heterocycles. The van der Waals surface area contributed by atoms with Crippen molar-refractivity contribution < 1.29 is 0 Å². The molecule has 0 saturated carbocycles. The van der Waals surface area contributed by atoms with E-state index in [4.69, 9.17) is 0 Å². The maximum atomic E-state index is 4.42. The van der Waals surface area contributed by atoms with E-state index in [-0.39, 0.29) is 0 Å². The van der Waals surface area contributed by atoms with Crippen molar-refractivity contribution in [3.05, 3.63) is 32.2 Å². The van der Waals surface area contributed by atoms with Gasteiger partial charge in [0.2, 0.25) is 0 Å². The predicted molar refractivity (Wildman–Crippen MR) is 69.1 cm³/mol. The number of hydrogen-bond donors (Lipinski definition) is 1. The van der Waals surface area contributed by atoms with Crippen LogP contribution in [0.1, 0.15) is 20.5 Å². The fourth-order valence-electron chi connectivity index (χ4n) is 1.55. The maximum absolute atomic E-state index is 4.42. The molecule has 1 N–H and O–H groups in total. The second-order valence-electron chi connectivity index (χ2n) is 3.64. The molecule has 2 rings (SSSR count). The Morgan fingerprint density at radius 2 is 2.25 bits per heavy atom. The molecule has 0 amide bonds. The zero-order chi connectivity index (χ0) is 11.4. The van der Waals surface area contributed by atoms with Crippen LogP contribution in [-0.2, 0) is 13.0 Å². The zero-order valence-electron chi connectivity index (χ0n) is 9.49. The lowest BCUT2D eigenvalue weighted by Gasteiger charge is -2.01. The van der Waals surface area contributed by atoms with Gasteiger partial charge in [0, 0.05) is 29.0 Å². The van der Waals surface area contributed by atoms with Crippen LogP contribution in [0.5, 0.6) is 0 Å². The van der Waals surface area contributed by atoms with Crippen LogP contribution >= 0.6 is 22.7 Å². The molecule has 0 aliphatic rings. The van der Waals surface area contributed by atoms with Crippen LogP contribution in [0.3, 0.4) is 0 Å². The Balaban J connectivity index is 1.74. The monoisotopic (exact) mass is 253 g/mol. The van der Waals surface area contributed by atoms with Crippen molar-refractivity contribution in [2.45, 2.75) is 26.8 Å². The number of nitrogens with zero attached hydrogens (tertiary/aromatic N) is 2. The molecule has 3 nitrogen and oxygen atoms in total. The maximum Gasteiger partial charge on any atom is 0.0900 e. The SMILES string of the molecule is Cc1nc(C)c(CCNCc2cncs2)s1. The van der Waals surface area contributed by atoms with Gasteiger partial charge in [-0.15, -0.1) is 22.7 Å². The van der Waals surface area contributed by atoms with E-state index >= 15 is 0 Å². The van der Waals surface area contributed by atoms with E-state index < -0.39 is 0 Å². The Kier molecular flexibility index (Phi) is 4.04. The Bertz CT molecular complexity index is 434. The van der Waals surface area contributed by atoms with Crippen LogP contribution < -0.4 is 5.32 Å². The molecule has 0 bridgehead atoms. The summed E-state index contributed by atoms with van der Waals surface area (Å²) in [5, 5.41) is 4.58. The van der Waals surface area contributed by atoms with Crippen LogP contribution in [0.25, 0.3) is 0 Å². The molecule has 0 aliphatic carbocycles. The van der Waals surface area contributed by atoms with Gasteiger partial charge in [-0.1, -0.05) is 0 Å². The molecule has 5 heteroatoms. The average Bonchev–Trinajstić information content (AvgIpc) is 2.84. The van der Waals surface area contributed by atoms with Crippen molar-refractivity contribution in [3.8, 4) is 0 Å². The van der Waals surface area contributed by atoms with Gasteiger partial charge in [-0.25, -0.2) is 4.98 Å². The van der Waals surface area contributed by atoms with E-state index in [1.807, 2.05) is 11.7 Å². The summed E-state index contributed by atoms with van der Waals surface area (Å²) in [6, 6.07) is 0. The summed E-state index contributed by atoms with van der Waals surface area (Å²) in [4.78, 5) is 11.2. The third-order valence-electron chi connectivity index (χ3n) is 2.31. The van der Waals surface area contributed by atoms with E-state index in [1.54, 1.807) is 22.7 Å². The quantitative estimate of drug-likeness (QED) is 0.832. The van der Waals surface area contributed by atoms with Crippen LogP contribution in [0.15, 0.2) is 11.7 Å². The molecule has 0 fully saturated rings. The van der Waals surface area contributed by atoms with E-state index in [2.05, 4.69) is 29.1 Å². The molecule has 0 radical (unpaired) electrons. The Morgan fingerprint density at radius 1 is 1.38 bits per heavy atom. The largest absolute Gasteiger partial charge is 0.311 e. The molecular formula is C11H15N3S2. The van der Waals surface area contributed by atoms with Gasteiger partial charge in [-0.05, 0) is 20.3 Å². The van der Waals surface area contributed by atoms with Crippen LogP contribution in [0.4, 0.5) is 0 Å². The highest BCUT2D eigenvalue weighted by molar-refractivity contribution is 7.11. The highest BCUT2D eigenvalue weighted by Crippen LogP contribution is 2.17. The second kappa shape index (κ2) is 5.52. The van der Waals surface area contributed by atoms with Crippen molar-refractivity contribution in [1.29, 1.82) is 0 Å². The summed E-state index contributed by atoms with van der Waals surface area (Å²) in [7, 11) is 0. The third kappa shape index (κ3) is 3.10. The van der Waals surface area contributed by atoms with Gasteiger partial charge in [-0.2, -0.15) is 0 Å². The first-order valence-electron chi connectivity index (χ1n) is 5.26. The van der Waals surface area contributed by atoms with Crippen LogP contribution in [0.2, 0.25) is 0 Å². The number of thiazole rings is 2. The highest BCUT2D eigenvalue weighted by atomic mass is 32.1. The van der Waals surface area contributed by atoms with Gasteiger partial charge in [0.15, 0.2) is 0 Å². The van der Waals surface area contributed by atoms with Gasteiger partial charge in [-0.3, -0.25) is 4.98 Å². The molecule has 0 atom stereocenters. The predicted octanol–water partition coefficient (Wildman–Crippen LogP) is 2.55. The first kappa shape index (κ1) is 11.7. The van der Waals surface area contributed by atoms with Crippen LogP contribution in [-0.4, -0.2) is 16.5 Å². The van der Waals surface area contributed by atoms with Crippen LogP contribution in [0, 0.1) is 13.8 Å². The Labute approximate surface area is 104 Å². The Morgan fingerprint density at radius 3 is 2.88 bits per heavy atom. The van der Waals surface area contributed by atoms with Gasteiger partial charge in [0.25, 0.3) is 0 Å². The summed E-state index contributed by atoms with van der Waals surface area (Å²) < 4.78 is 0. The Hall–Kier alpha value is -0.780. The standard InChI is InChI=1S/C11H15N3S2/c1-8-11(16-9(2)14-8)3-4-12-5-10-6-13-7-15-10/h6-7,12H,3-5H2,1-2H3. The summed E-state index contributed by atoms with van der Waals surface area (Å²) >= 11 is 3.49. The molecule has 16 heavy (non-hydrogen) atoms. The first-order valence-corrected chi connectivity index (χ1v) is 6.96. The van der Waals surface area contributed by atoms with Gasteiger partial charge in [0.1, 0.15) is 0 Å². The minimum Gasteiger partial charge on any atom is -0.311 e. The molecule has 86 valence electrons. The normalized spacial score (nSPS) is 10.9. The second-order valence-corrected chi connectivity index (χ2v) is 5.89. The van der Waals surface area contributed by atoms with E-state index in [0.29, 0.717) is 0 Å². The van der Waals surface area contributed by atoms with E-state index in [1.165, 1.54) is 15.4 Å².